The summed E-state index contributed by atoms with van der Waals surface area (Å²) in [6, 6.07) is 3.74. The van der Waals surface area contributed by atoms with Gasteiger partial charge >= 0.3 is 5.97 Å². The van der Waals surface area contributed by atoms with Gasteiger partial charge in [0.2, 0.25) is 0 Å². The summed E-state index contributed by atoms with van der Waals surface area (Å²) < 4.78 is 11.8. The monoisotopic (exact) mass is 559 g/mol. The average Bonchev–Trinajstić information content (AvgIpc) is 2.74. The Morgan fingerprint density at radius 3 is 1.94 bits per heavy atom. The van der Waals surface area contributed by atoms with Crippen LogP contribution in [0.15, 0.2) is 39.1 Å². The van der Waals surface area contributed by atoms with Gasteiger partial charge in [-0.25, -0.2) is 0 Å². The zero-order chi connectivity index (χ0) is 26.6. The first-order chi connectivity index (χ1) is 16.8. The van der Waals surface area contributed by atoms with E-state index in [2.05, 4.69) is 43.6 Å². The number of benzene rings is 1. The lowest BCUT2D eigenvalue weighted by Gasteiger charge is -2.49. The largest absolute Gasteiger partial charge is 0.493 e. The predicted molar refractivity (Wildman–Crippen MR) is 139 cm³/mol. The molecule has 1 N–H and O–H groups in total. The van der Waals surface area contributed by atoms with Crippen molar-refractivity contribution in [2.45, 2.75) is 65.7 Å². The van der Waals surface area contributed by atoms with Crippen molar-refractivity contribution >= 4 is 33.5 Å². The topological polar surface area (TPSA) is 93.1 Å². The molecule has 3 aliphatic rings. The molecule has 0 amide bonds. The molecule has 1 aliphatic heterocycles. The molecule has 0 unspecified atom stereocenters. The van der Waals surface area contributed by atoms with Gasteiger partial charge in [0.25, 0.3) is 0 Å². The number of ether oxygens (including phenoxy) is 2. The molecule has 0 bridgehead atoms. The van der Waals surface area contributed by atoms with E-state index in [-0.39, 0.29) is 35.4 Å². The highest BCUT2D eigenvalue weighted by Gasteiger charge is 2.49. The summed E-state index contributed by atoms with van der Waals surface area (Å²) in [6.45, 7) is 8.47. The third kappa shape index (κ3) is 4.72. The molecule has 4 rings (SSSR count). The van der Waals surface area contributed by atoms with Crippen LogP contribution in [0.2, 0.25) is 0 Å². The fourth-order valence-electron chi connectivity index (χ4n) is 5.96. The smallest absolute Gasteiger partial charge is 0.305 e. The molecule has 0 atom stereocenters. The van der Waals surface area contributed by atoms with Crippen LogP contribution in [0.4, 0.5) is 0 Å². The van der Waals surface area contributed by atoms with Gasteiger partial charge in [-0.1, -0.05) is 27.7 Å². The maximum absolute atomic E-state index is 13.8. The third-order valence-corrected chi connectivity index (χ3v) is 7.95. The molecule has 0 saturated carbocycles. The molecule has 2 aliphatic carbocycles. The maximum atomic E-state index is 13.8. The van der Waals surface area contributed by atoms with Crippen molar-refractivity contribution in [3.8, 4) is 11.5 Å². The Hall–Kier alpha value is -2.61. The zero-order valence-corrected chi connectivity index (χ0v) is 23.4. The van der Waals surface area contributed by atoms with Crippen LogP contribution >= 0.6 is 15.9 Å². The number of hydrogen-bond donors (Lipinski definition) is 1. The Balaban J connectivity index is 2.02. The number of methoxy groups -OCH3 is 2. The van der Waals surface area contributed by atoms with E-state index >= 15 is 0 Å². The number of hydrogen-bond acceptors (Lipinski definition) is 6. The molecular weight excluding hydrogens is 526 g/mol. The summed E-state index contributed by atoms with van der Waals surface area (Å²) in [5.74, 6) is -0.404. The molecule has 0 fully saturated rings. The van der Waals surface area contributed by atoms with Gasteiger partial charge in [-0.3, -0.25) is 14.4 Å². The van der Waals surface area contributed by atoms with Crippen LogP contribution in [-0.4, -0.2) is 48.3 Å². The summed E-state index contributed by atoms with van der Waals surface area (Å²) >= 11 is 3.58. The summed E-state index contributed by atoms with van der Waals surface area (Å²) in [6.07, 6.45) is 1.91. The average molecular weight is 560 g/mol. The van der Waals surface area contributed by atoms with Gasteiger partial charge in [0.05, 0.1) is 25.1 Å². The quantitative estimate of drug-likeness (QED) is 0.482. The lowest BCUT2D eigenvalue weighted by atomic mass is 9.63. The minimum Gasteiger partial charge on any atom is -0.493 e. The molecule has 1 aromatic rings. The van der Waals surface area contributed by atoms with Crippen LogP contribution in [0.1, 0.15) is 71.3 Å². The molecule has 0 spiro atoms. The Morgan fingerprint density at radius 2 is 1.50 bits per heavy atom. The number of rotatable bonds is 6. The van der Waals surface area contributed by atoms with Crippen molar-refractivity contribution in [1.82, 2.24) is 4.90 Å². The number of halogens is 1. The molecule has 194 valence electrons. The number of allylic oxidation sites excluding steroid dienone is 4. The van der Waals surface area contributed by atoms with E-state index in [1.54, 1.807) is 14.2 Å². The number of ketones is 2. The highest BCUT2D eigenvalue weighted by Crippen LogP contribution is 2.55. The predicted octanol–water partition coefficient (Wildman–Crippen LogP) is 5.63. The molecule has 8 heteroatoms. The first kappa shape index (κ1) is 26.5. The first-order valence-electron chi connectivity index (χ1n) is 12.2. The molecular formula is C28H34BrNO6. The number of Topliss-reactive ketones (excluding diaryl/α,β-unsaturated/α-hetero) is 2. The van der Waals surface area contributed by atoms with Gasteiger partial charge in [0.1, 0.15) is 0 Å². The number of carboxylic acids is 1. The van der Waals surface area contributed by atoms with Crippen LogP contribution in [0.3, 0.4) is 0 Å². The molecule has 0 radical (unpaired) electrons. The molecule has 0 aromatic heterocycles. The Labute approximate surface area is 220 Å². The van der Waals surface area contributed by atoms with Crippen molar-refractivity contribution < 1.29 is 29.0 Å². The lowest BCUT2D eigenvalue weighted by Crippen LogP contribution is -2.45. The van der Waals surface area contributed by atoms with E-state index in [1.165, 1.54) is 0 Å². The maximum Gasteiger partial charge on any atom is 0.305 e. The minimum atomic E-state index is -0.909. The van der Waals surface area contributed by atoms with Crippen LogP contribution < -0.4 is 9.47 Å². The lowest BCUT2D eigenvalue weighted by molar-refractivity contribution is -0.137. The SMILES string of the molecule is COc1cc(C2C3=C(CC(C)(C)CC3=O)N(CCC(=O)O)C3=C2C(=O)CC(C)(C)C3)cc(Br)c1OC. The standard InChI is InChI=1S/C28H34BrNO6/c1-27(2)11-17-24(19(31)13-27)23(15-9-16(29)26(36-6)21(10-15)35-5)25-18(30(17)8-7-22(33)34)12-28(3,4)14-20(25)32/h9-10,23H,7-8,11-14H2,1-6H3,(H,33,34). The van der Waals surface area contributed by atoms with Crippen molar-refractivity contribution in [2.24, 2.45) is 10.8 Å². The van der Waals surface area contributed by atoms with Crippen LogP contribution in [0.5, 0.6) is 11.5 Å². The van der Waals surface area contributed by atoms with Crippen molar-refractivity contribution in [1.29, 1.82) is 0 Å². The van der Waals surface area contributed by atoms with E-state index in [0.29, 0.717) is 52.8 Å². The Kier molecular flexibility index (Phi) is 6.88. The third-order valence-electron chi connectivity index (χ3n) is 7.36. The number of nitrogens with zero attached hydrogens (tertiary/aromatic N) is 1. The van der Waals surface area contributed by atoms with E-state index < -0.39 is 11.9 Å². The number of aliphatic carboxylic acids is 1. The van der Waals surface area contributed by atoms with Crippen LogP contribution in [0.25, 0.3) is 0 Å². The normalized spacial score (nSPS) is 21.4. The zero-order valence-electron chi connectivity index (χ0n) is 21.8. The first-order valence-corrected chi connectivity index (χ1v) is 13.0. The molecule has 1 aromatic carbocycles. The van der Waals surface area contributed by atoms with Crippen molar-refractivity contribution in [3.05, 3.63) is 44.7 Å². The van der Waals surface area contributed by atoms with Gasteiger partial charge in [0, 0.05) is 47.8 Å². The van der Waals surface area contributed by atoms with Gasteiger partial charge in [-0.05, 0) is 57.3 Å². The summed E-state index contributed by atoms with van der Waals surface area (Å²) in [4.78, 5) is 41.1. The van der Waals surface area contributed by atoms with E-state index in [1.807, 2.05) is 17.0 Å². The van der Waals surface area contributed by atoms with Gasteiger partial charge in [-0.15, -0.1) is 0 Å². The summed E-state index contributed by atoms with van der Waals surface area (Å²) in [5, 5.41) is 9.49. The fraction of sp³-hybridized carbons (Fsp3) is 0.536. The number of carbonyl (C=O) groups excluding carboxylic acids is 2. The van der Waals surface area contributed by atoms with E-state index in [4.69, 9.17) is 9.47 Å². The second kappa shape index (κ2) is 9.36. The summed E-state index contributed by atoms with van der Waals surface area (Å²) in [5.41, 5.74) is 3.13. The fourth-order valence-corrected chi connectivity index (χ4v) is 6.58. The second-order valence-corrected chi connectivity index (χ2v) is 12.4. The second-order valence-electron chi connectivity index (χ2n) is 11.6. The van der Waals surface area contributed by atoms with Crippen LogP contribution in [0, 0.1) is 10.8 Å². The summed E-state index contributed by atoms with van der Waals surface area (Å²) in [7, 11) is 3.12. The van der Waals surface area contributed by atoms with E-state index in [9.17, 15) is 19.5 Å². The highest BCUT2D eigenvalue weighted by molar-refractivity contribution is 9.10. The molecule has 1 heterocycles. The van der Waals surface area contributed by atoms with E-state index in [0.717, 1.165) is 17.0 Å². The van der Waals surface area contributed by atoms with Gasteiger partial charge in [0.15, 0.2) is 23.1 Å². The van der Waals surface area contributed by atoms with Crippen LogP contribution in [-0.2, 0) is 14.4 Å². The van der Waals surface area contributed by atoms with Crippen molar-refractivity contribution in [2.75, 3.05) is 20.8 Å². The molecule has 36 heavy (non-hydrogen) atoms. The Bertz CT molecular complexity index is 1150. The molecule has 7 nitrogen and oxygen atoms in total. The number of carboxylic acid groups (broad SMARTS) is 1. The minimum absolute atomic E-state index is 0.00154. The van der Waals surface area contributed by atoms with Gasteiger partial charge in [-0.2, -0.15) is 0 Å². The molecule has 0 saturated heterocycles. The van der Waals surface area contributed by atoms with Crippen molar-refractivity contribution in [3.63, 3.8) is 0 Å². The Morgan fingerprint density at radius 1 is 0.972 bits per heavy atom. The van der Waals surface area contributed by atoms with Gasteiger partial charge < -0.3 is 19.5 Å². The highest BCUT2D eigenvalue weighted by atomic mass is 79.9. The number of carbonyl (C=O) groups is 3.